The van der Waals surface area contributed by atoms with Crippen molar-refractivity contribution in [2.75, 3.05) is 6.61 Å². The van der Waals surface area contributed by atoms with E-state index >= 15 is 0 Å². The fraction of sp³-hybridized carbons (Fsp3) is 0.700. The lowest BCUT2D eigenvalue weighted by Crippen LogP contribution is -2.51. The zero-order chi connectivity index (χ0) is 13.6. The monoisotopic (exact) mass is 246 g/mol. The van der Waals surface area contributed by atoms with Crippen molar-refractivity contribution in [2.45, 2.75) is 39.3 Å². The van der Waals surface area contributed by atoms with Gasteiger partial charge >= 0.3 is 12.1 Å². The van der Waals surface area contributed by atoms with E-state index < -0.39 is 36.3 Å². The number of ether oxygens (including phenoxy) is 2. The lowest BCUT2D eigenvalue weighted by atomic mass is 10.2. The molecule has 0 aromatic carbocycles. The highest BCUT2D eigenvalue weighted by atomic mass is 16.6. The van der Waals surface area contributed by atoms with E-state index in [4.69, 9.17) is 4.74 Å². The van der Waals surface area contributed by atoms with Crippen LogP contribution in [0.15, 0.2) is 0 Å². The molecule has 0 spiro atoms. The molecule has 0 saturated carbocycles. The number of esters is 1. The van der Waals surface area contributed by atoms with Gasteiger partial charge in [-0.15, -0.1) is 0 Å². The van der Waals surface area contributed by atoms with E-state index in [-0.39, 0.29) is 0 Å². The van der Waals surface area contributed by atoms with Gasteiger partial charge in [-0.25, -0.2) is 4.79 Å². The van der Waals surface area contributed by atoms with Crippen LogP contribution in [0.3, 0.4) is 0 Å². The molecule has 0 saturated heterocycles. The van der Waals surface area contributed by atoms with Gasteiger partial charge in [-0.05, 0) is 20.8 Å². The molecule has 0 aliphatic carbocycles. The standard InChI is InChI=1S/C10H17NO6/c1-6(12)16-5-7(8(13)14)11-9(15)17-10(2,3)4/h7H,5H2,1-4H3,(H,11,15)(H,13,14)/p-1/t7-/m0/s1. The first-order chi connectivity index (χ1) is 7.61. The van der Waals surface area contributed by atoms with E-state index in [1.54, 1.807) is 20.8 Å². The molecule has 0 unspecified atom stereocenters. The lowest BCUT2D eigenvalue weighted by Gasteiger charge is -2.23. The first kappa shape index (κ1) is 15.2. The summed E-state index contributed by atoms with van der Waals surface area (Å²) in [6.07, 6.45) is -0.918. The first-order valence-electron chi connectivity index (χ1n) is 4.95. The van der Waals surface area contributed by atoms with E-state index in [1.807, 2.05) is 5.32 Å². The van der Waals surface area contributed by atoms with Gasteiger partial charge in [0.2, 0.25) is 0 Å². The summed E-state index contributed by atoms with van der Waals surface area (Å²) in [6.45, 7) is 5.52. The van der Waals surface area contributed by atoms with Crippen molar-refractivity contribution in [1.29, 1.82) is 0 Å². The zero-order valence-electron chi connectivity index (χ0n) is 10.2. The fourth-order valence-electron chi connectivity index (χ4n) is 0.819. The summed E-state index contributed by atoms with van der Waals surface area (Å²) < 4.78 is 9.31. The predicted octanol–water partition coefficient (Wildman–Crippen LogP) is -0.807. The molecule has 0 aliphatic heterocycles. The van der Waals surface area contributed by atoms with Gasteiger partial charge in [0.15, 0.2) is 0 Å². The Labute approximate surface area is 99.1 Å². The number of carboxylic acid groups (broad SMARTS) is 1. The highest BCUT2D eigenvalue weighted by Crippen LogP contribution is 2.06. The van der Waals surface area contributed by atoms with Gasteiger partial charge in [0.1, 0.15) is 18.2 Å². The van der Waals surface area contributed by atoms with Crippen LogP contribution in [0.25, 0.3) is 0 Å². The molecule has 1 N–H and O–H groups in total. The molecular weight excluding hydrogens is 230 g/mol. The van der Waals surface area contributed by atoms with Gasteiger partial charge in [-0.2, -0.15) is 0 Å². The molecule has 0 radical (unpaired) electrons. The molecule has 0 heterocycles. The Morgan fingerprint density at radius 3 is 2.18 bits per heavy atom. The molecule has 7 nitrogen and oxygen atoms in total. The lowest BCUT2D eigenvalue weighted by molar-refractivity contribution is -0.309. The Morgan fingerprint density at radius 1 is 1.29 bits per heavy atom. The minimum absolute atomic E-state index is 0.503. The Kier molecular flexibility index (Phi) is 5.43. The van der Waals surface area contributed by atoms with E-state index in [2.05, 4.69) is 4.74 Å². The number of alkyl carbamates (subject to hydrolysis) is 1. The molecule has 0 aliphatic rings. The van der Waals surface area contributed by atoms with Crippen LogP contribution in [0.4, 0.5) is 4.79 Å². The molecule has 0 fully saturated rings. The third-order valence-corrected chi connectivity index (χ3v) is 1.43. The normalized spacial score (nSPS) is 12.5. The Hall–Kier alpha value is -1.79. The summed E-state index contributed by atoms with van der Waals surface area (Å²) in [5, 5.41) is 12.7. The molecule has 98 valence electrons. The molecule has 0 bridgehead atoms. The number of hydrogen-bond acceptors (Lipinski definition) is 6. The van der Waals surface area contributed by atoms with Crippen molar-refractivity contribution in [3.63, 3.8) is 0 Å². The summed E-state index contributed by atoms with van der Waals surface area (Å²) in [7, 11) is 0. The minimum Gasteiger partial charge on any atom is -0.548 e. The number of hydrogen-bond donors (Lipinski definition) is 1. The van der Waals surface area contributed by atoms with Crippen LogP contribution in [0.1, 0.15) is 27.7 Å². The van der Waals surface area contributed by atoms with Crippen LogP contribution in [0.5, 0.6) is 0 Å². The number of rotatable bonds is 4. The third kappa shape index (κ3) is 8.06. The molecular formula is C10H16NO6-. The highest BCUT2D eigenvalue weighted by Gasteiger charge is 2.20. The van der Waals surface area contributed by atoms with E-state index in [0.29, 0.717) is 0 Å². The van der Waals surface area contributed by atoms with Crippen molar-refractivity contribution in [2.24, 2.45) is 0 Å². The van der Waals surface area contributed by atoms with Gasteiger partial charge in [0, 0.05) is 6.92 Å². The van der Waals surface area contributed by atoms with Crippen molar-refractivity contribution in [3.05, 3.63) is 0 Å². The van der Waals surface area contributed by atoms with Crippen molar-refractivity contribution in [1.82, 2.24) is 5.32 Å². The second-order valence-electron chi connectivity index (χ2n) is 4.32. The van der Waals surface area contributed by atoms with Gasteiger partial charge in [-0.1, -0.05) is 0 Å². The maximum atomic E-state index is 11.3. The van der Waals surface area contributed by atoms with Crippen LogP contribution in [-0.2, 0) is 19.1 Å². The fourth-order valence-corrected chi connectivity index (χ4v) is 0.819. The summed E-state index contributed by atoms with van der Waals surface area (Å²) in [6, 6.07) is -1.44. The van der Waals surface area contributed by atoms with E-state index in [0.717, 1.165) is 6.92 Å². The van der Waals surface area contributed by atoms with Gasteiger partial charge in [0.05, 0.1) is 5.97 Å². The molecule has 0 aromatic heterocycles. The van der Waals surface area contributed by atoms with Crippen molar-refractivity contribution in [3.8, 4) is 0 Å². The maximum Gasteiger partial charge on any atom is 0.408 e. The number of carboxylic acids is 1. The molecule has 1 amide bonds. The quantitative estimate of drug-likeness (QED) is 0.650. The second kappa shape index (κ2) is 6.07. The number of nitrogens with one attached hydrogen (secondary N) is 1. The van der Waals surface area contributed by atoms with Gasteiger partial charge in [-0.3, -0.25) is 4.79 Å². The summed E-state index contributed by atoms with van der Waals surface area (Å²) in [5.74, 6) is -2.21. The average Bonchev–Trinajstić information content (AvgIpc) is 2.08. The smallest absolute Gasteiger partial charge is 0.408 e. The number of aliphatic carboxylic acids is 1. The van der Waals surface area contributed by atoms with Crippen LogP contribution < -0.4 is 10.4 Å². The van der Waals surface area contributed by atoms with Crippen molar-refractivity contribution >= 4 is 18.0 Å². The largest absolute Gasteiger partial charge is 0.548 e. The van der Waals surface area contributed by atoms with Crippen molar-refractivity contribution < 1.29 is 29.0 Å². The van der Waals surface area contributed by atoms with E-state index in [9.17, 15) is 19.5 Å². The Morgan fingerprint density at radius 2 is 1.82 bits per heavy atom. The summed E-state index contributed by atoms with van der Waals surface area (Å²) in [5.41, 5.74) is -0.748. The minimum atomic E-state index is -1.56. The van der Waals surface area contributed by atoms with Crippen LogP contribution in [0, 0.1) is 0 Å². The van der Waals surface area contributed by atoms with Gasteiger partial charge in [0.25, 0.3) is 0 Å². The second-order valence-corrected chi connectivity index (χ2v) is 4.32. The highest BCUT2D eigenvalue weighted by molar-refractivity contribution is 5.79. The summed E-state index contributed by atoms with van der Waals surface area (Å²) in [4.78, 5) is 32.4. The number of amides is 1. The van der Waals surface area contributed by atoms with Crippen LogP contribution in [0.2, 0.25) is 0 Å². The molecule has 1 atom stereocenters. The maximum absolute atomic E-state index is 11.3. The number of carbonyl (C=O) groups is 3. The SMILES string of the molecule is CC(=O)OC[C@H](NC(=O)OC(C)(C)C)C(=O)[O-]. The molecule has 17 heavy (non-hydrogen) atoms. The summed E-state index contributed by atoms with van der Waals surface area (Å²) >= 11 is 0. The molecule has 0 rings (SSSR count). The van der Waals surface area contributed by atoms with E-state index in [1.165, 1.54) is 0 Å². The topological polar surface area (TPSA) is 105 Å². The first-order valence-corrected chi connectivity index (χ1v) is 4.95. The number of carbonyl (C=O) groups excluding carboxylic acids is 3. The van der Waals surface area contributed by atoms with Crippen LogP contribution >= 0.6 is 0 Å². The Bertz CT molecular complexity index is 306. The molecule has 7 heteroatoms. The Balaban J connectivity index is 4.30. The molecule has 0 aromatic rings. The van der Waals surface area contributed by atoms with Crippen LogP contribution in [-0.4, -0.2) is 36.3 Å². The third-order valence-electron chi connectivity index (χ3n) is 1.43. The van der Waals surface area contributed by atoms with Gasteiger partial charge < -0.3 is 24.7 Å². The predicted molar refractivity (Wildman–Crippen MR) is 54.8 cm³/mol. The zero-order valence-corrected chi connectivity index (χ0v) is 10.2. The average molecular weight is 246 g/mol.